The SMILES string of the molecule is CCCCCNc1nc2nc(-c3ccccc3)[nH]c2c(O[N+](=O)[O-])[n+]1[C@@H]1O[C@H](CO)[C@@H](OO[Si](C(C)C)(C(C)C)[SiH](C(C)C)C(C)C)[C@@H]1OO[Si](C(C)C)(C(C)C)[SiH](C(C)C)C(C)C. The van der Waals surface area contributed by atoms with Gasteiger partial charge in [-0.2, -0.15) is 9.55 Å². The number of benzene rings is 1. The third-order valence-electron chi connectivity index (χ3n) is 13.7. The van der Waals surface area contributed by atoms with Gasteiger partial charge < -0.3 is 14.8 Å². The average molecular weight is 965 g/mol. The normalized spacial score (nSPS) is 18.9. The van der Waals surface area contributed by atoms with Gasteiger partial charge in [0.1, 0.15) is 11.9 Å². The first-order valence-corrected chi connectivity index (χ1v) is 34.4. The Hall–Kier alpha value is -2.60. The fraction of sp³-hybridized carbons (Fsp3) is 0.756. The maximum Gasteiger partial charge on any atom is 0.397 e. The molecule has 0 amide bonds. The summed E-state index contributed by atoms with van der Waals surface area (Å²) in [5.74, 6) is 0.474. The van der Waals surface area contributed by atoms with E-state index < -0.39 is 68.5 Å². The summed E-state index contributed by atoms with van der Waals surface area (Å²) in [6, 6.07) is 9.48. The van der Waals surface area contributed by atoms with Crippen LogP contribution < -0.4 is 14.7 Å². The first kappa shape index (κ1) is 54.0. The Labute approximate surface area is 388 Å². The minimum Gasteiger partial charge on any atom is -0.394 e. The Morgan fingerprint density at radius 2 is 1.30 bits per heavy atom. The maximum atomic E-state index is 12.6. The number of nitrogens with one attached hydrogen (secondary N) is 2. The number of anilines is 1. The molecular weight excluding hydrogens is 881 g/mol. The van der Waals surface area contributed by atoms with E-state index in [1.165, 1.54) is 4.57 Å². The zero-order chi connectivity index (χ0) is 47.8. The molecule has 15 nitrogen and oxygen atoms in total. The quantitative estimate of drug-likeness (QED) is 0.0174. The molecule has 0 bridgehead atoms. The second-order valence-electron chi connectivity index (χ2n) is 20.6. The van der Waals surface area contributed by atoms with Gasteiger partial charge in [-0.1, -0.05) is 183 Å². The molecule has 0 aliphatic carbocycles. The van der Waals surface area contributed by atoms with Crippen LogP contribution in [0.4, 0.5) is 5.95 Å². The van der Waals surface area contributed by atoms with Gasteiger partial charge in [0.2, 0.25) is 21.9 Å². The molecule has 4 atom stereocenters. The third kappa shape index (κ3) is 11.4. The molecule has 64 heavy (non-hydrogen) atoms. The van der Waals surface area contributed by atoms with Gasteiger partial charge in [-0.15, -0.1) is 10.1 Å². The van der Waals surface area contributed by atoms with E-state index in [4.69, 9.17) is 38.5 Å². The van der Waals surface area contributed by atoms with Crippen molar-refractivity contribution in [2.45, 2.75) is 206 Å². The van der Waals surface area contributed by atoms with E-state index in [2.05, 4.69) is 128 Å². The fourth-order valence-corrected chi connectivity index (χ4v) is 48.6. The Balaban J connectivity index is 2.06. The minimum absolute atomic E-state index is 0.188. The van der Waals surface area contributed by atoms with Gasteiger partial charge in [0, 0.05) is 5.56 Å². The Morgan fingerprint density at radius 3 is 1.73 bits per heavy atom. The number of H-pyrrole nitrogens is 1. The molecule has 19 heteroatoms. The lowest BCUT2D eigenvalue weighted by Crippen LogP contribution is -2.63. The van der Waals surface area contributed by atoms with Crippen LogP contribution >= 0.6 is 0 Å². The van der Waals surface area contributed by atoms with E-state index >= 15 is 0 Å². The lowest BCUT2D eigenvalue weighted by atomic mass is 10.1. The summed E-state index contributed by atoms with van der Waals surface area (Å²) < 4.78 is 22.8. The standard InChI is InChI=1S/C45H82N6O9Si4/c1-18-19-23-26-46-45-49-42-38(47-41(48-42)36-24-21-20-22-25-36)43(56-51(53)54)50(45)44-40(58-60-64(34(14)15,35(16)17)62(30(6)7)31(8)9)39(37(27-52)55-44)57-59-63(32(10)11,33(12)13)61(28(2)3)29(4)5/h20-22,24-25,28-35,37,39-40,44,52,61-62H,18-19,23,26-27H2,1-17H3,(H,46,47,48,49)/p+1/t37-,39-,40+,44-/m1/s1. The Bertz CT molecular complexity index is 1890. The number of hydrogen-bond acceptors (Lipinski definition) is 12. The predicted molar refractivity (Wildman–Crippen MR) is 265 cm³/mol. The number of hydrogen-bond donors (Lipinski definition) is 3. The van der Waals surface area contributed by atoms with Crippen molar-refractivity contribution in [2.24, 2.45) is 0 Å². The molecule has 3 heterocycles. The molecule has 0 unspecified atom stereocenters. The fourth-order valence-electron chi connectivity index (χ4n) is 11.3. The van der Waals surface area contributed by atoms with Gasteiger partial charge in [-0.25, -0.2) is 14.6 Å². The lowest BCUT2D eigenvalue weighted by molar-refractivity contribution is -0.809. The topological polar surface area (TPSA) is 176 Å². The Kier molecular flexibility index (Phi) is 19.8. The molecule has 0 saturated carbocycles. The molecular formula is C45H83N6O9Si4+. The summed E-state index contributed by atoms with van der Waals surface area (Å²) in [6.45, 7) is 38.7. The molecule has 3 N–H and O–H groups in total. The number of aliphatic hydroxyl groups is 1. The predicted octanol–water partition coefficient (Wildman–Crippen LogP) is 10.4. The zero-order valence-electron chi connectivity index (χ0n) is 42.0. The number of fused-ring (bicyclic) bond motifs is 1. The number of aliphatic hydroxyl groups excluding tert-OH is 1. The first-order valence-electron chi connectivity index (χ1n) is 24.0. The molecule has 1 aromatic carbocycles. The van der Waals surface area contributed by atoms with Gasteiger partial charge in [0.05, 0.1) is 29.8 Å². The molecule has 1 aliphatic rings. The number of aromatic nitrogens is 4. The highest BCUT2D eigenvalue weighted by atomic mass is 29.2. The number of aromatic amines is 1. The van der Waals surface area contributed by atoms with Crippen LogP contribution in [0.25, 0.3) is 22.6 Å². The summed E-state index contributed by atoms with van der Waals surface area (Å²) in [7, 11) is -8.77. The molecule has 362 valence electrons. The molecule has 4 rings (SSSR count). The highest BCUT2D eigenvalue weighted by molar-refractivity contribution is 7.32. The number of nitrogens with zero attached hydrogens (tertiary/aromatic N) is 4. The summed E-state index contributed by atoms with van der Waals surface area (Å²) in [6.07, 6.45) is -1.56. The summed E-state index contributed by atoms with van der Waals surface area (Å²) in [4.78, 5) is 45.1. The van der Waals surface area contributed by atoms with Crippen molar-refractivity contribution in [3.8, 4) is 17.3 Å². The lowest BCUT2D eigenvalue weighted by Gasteiger charge is -2.47. The first-order chi connectivity index (χ1) is 30.1. The van der Waals surface area contributed by atoms with Gasteiger partial charge in [0.25, 0.3) is 11.5 Å². The zero-order valence-corrected chi connectivity index (χ0v) is 46.3. The van der Waals surface area contributed by atoms with E-state index in [-0.39, 0.29) is 45.2 Å². The van der Waals surface area contributed by atoms with E-state index in [9.17, 15) is 15.2 Å². The number of unbranched alkanes of at least 4 members (excludes halogenated alkanes) is 2. The smallest absolute Gasteiger partial charge is 0.394 e. The van der Waals surface area contributed by atoms with Gasteiger partial charge in [-0.05, 0) is 33.6 Å². The summed E-state index contributed by atoms with van der Waals surface area (Å²) >= 11 is 0. The second-order valence-corrected chi connectivity index (χ2v) is 45.8. The van der Waals surface area contributed by atoms with Gasteiger partial charge in [-0.3, -0.25) is 14.5 Å². The van der Waals surface area contributed by atoms with Crippen molar-refractivity contribution in [2.75, 3.05) is 18.5 Å². The maximum absolute atomic E-state index is 12.6. The van der Waals surface area contributed by atoms with Crippen molar-refractivity contribution < 1.29 is 43.3 Å². The van der Waals surface area contributed by atoms with Crippen LogP contribution in [-0.2, 0) is 23.7 Å². The largest absolute Gasteiger partial charge is 0.397 e. The van der Waals surface area contributed by atoms with Crippen LogP contribution in [0.15, 0.2) is 30.3 Å². The summed E-state index contributed by atoms with van der Waals surface area (Å²) in [5.41, 5.74) is 3.74. The monoisotopic (exact) mass is 964 g/mol. The van der Waals surface area contributed by atoms with E-state index in [0.717, 1.165) is 24.8 Å². The van der Waals surface area contributed by atoms with Crippen LogP contribution in [-0.4, -0.2) is 88.9 Å². The van der Waals surface area contributed by atoms with Crippen LogP contribution in [0, 0.1) is 10.1 Å². The van der Waals surface area contributed by atoms with Crippen molar-refractivity contribution >= 4 is 49.4 Å². The van der Waals surface area contributed by atoms with Crippen LogP contribution in [0.1, 0.15) is 143 Å². The van der Waals surface area contributed by atoms with E-state index in [1.54, 1.807) is 0 Å². The van der Waals surface area contributed by atoms with Crippen molar-refractivity contribution in [3.63, 3.8) is 0 Å². The summed E-state index contributed by atoms with van der Waals surface area (Å²) in [5, 5.41) is 26.4. The van der Waals surface area contributed by atoms with Crippen molar-refractivity contribution in [1.29, 1.82) is 0 Å². The highest BCUT2D eigenvalue weighted by Crippen LogP contribution is 2.47. The average Bonchev–Trinajstić information content (AvgIpc) is 3.79. The van der Waals surface area contributed by atoms with Crippen LogP contribution in [0.2, 0.25) is 44.3 Å². The molecule has 0 spiro atoms. The van der Waals surface area contributed by atoms with Gasteiger partial charge >= 0.3 is 11.0 Å². The molecule has 1 aliphatic heterocycles. The highest BCUT2D eigenvalue weighted by Gasteiger charge is 2.60. The van der Waals surface area contributed by atoms with Crippen LogP contribution in [0.3, 0.4) is 0 Å². The third-order valence-corrected chi connectivity index (χ3v) is 52.3. The van der Waals surface area contributed by atoms with E-state index in [0.29, 0.717) is 34.5 Å². The van der Waals surface area contributed by atoms with Crippen LogP contribution in [0.5, 0.6) is 5.88 Å². The van der Waals surface area contributed by atoms with E-state index in [1.807, 2.05) is 30.3 Å². The van der Waals surface area contributed by atoms with Gasteiger partial charge in [0.15, 0.2) is 17.7 Å². The molecule has 0 radical (unpaired) electrons. The number of imidazole rings is 1. The molecule has 1 saturated heterocycles. The molecule has 1 fully saturated rings. The van der Waals surface area contributed by atoms with Crippen molar-refractivity contribution in [1.82, 2.24) is 15.0 Å². The van der Waals surface area contributed by atoms with Crippen molar-refractivity contribution in [3.05, 3.63) is 40.4 Å². The molecule has 2 aromatic heterocycles. The molecule has 3 aromatic rings. The minimum atomic E-state index is -2.75. The number of rotatable bonds is 26. The Morgan fingerprint density at radius 1 is 0.797 bits per heavy atom. The number of ether oxygens (including phenoxy) is 1. The second kappa shape index (κ2) is 23.4.